The fourth-order valence-electron chi connectivity index (χ4n) is 3.66. The first-order chi connectivity index (χ1) is 16.8. The number of hydrogen-bond donors (Lipinski definition) is 0. The van der Waals surface area contributed by atoms with Gasteiger partial charge in [0.2, 0.25) is 0 Å². The number of nitrogens with zero attached hydrogens (tertiary/aromatic N) is 2. The predicted molar refractivity (Wildman–Crippen MR) is 127 cm³/mol. The van der Waals surface area contributed by atoms with Gasteiger partial charge in [-0.1, -0.05) is 30.3 Å². The Labute approximate surface area is 202 Å². The maximum absolute atomic E-state index is 12.0. The molecule has 0 saturated carbocycles. The summed E-state index contributed by atoms with van der Waals surface area (Å²) in [5, 5.41) is 22.9. The second-order valence-electron chi connectivity index (χ2n) is 7.90. The molecule has 0 aliphatic heterocycles. The number of esters is 1. The summed E-state index contributed by atoms with van der Waals surface area (Å²) in [6, 6.07) is 13.7. The number of carbonyl (C=O) groups excluding carboxylic acids is 1. The van der Waals surface area contributed by atoms with Gasteiger partial charge in [0.05, 0.1) is 24.7 Å². The van der Waals surface area contributed by atoms with Crippen molar-refractivity contribution >= 4 is 5.97 Å². The molecular formula is C25H26N2O8. The van der Waals surface area contributed by atoms with Gasteiger partial charge in [-0.15, -0.1) is 0 Å². The van der Waals surface area contributed by atoms with Crippen molar-refractivity contribution in [2.75, 3.05) is 19.8 Å². The van der Waals surface area contributed by atoms with Gasteiger partial charge in [-0.05, 0) is 42.8 Å². The smallest absolute Gasteiger partial charge is 0.341 e. The highest BCUT2D eigenvalue weighted by Gasteiger charge is 2.45. The first-order valence-electron chi connectivity index (χ1n) is 11.1. The highest BCUT2D eigenvalue weighted by Crippen LogP contribution is 2.31. The van der Waals surface area contributed by atoms with Gasteiger partial charge in [-0.2, -0.15) is 0 Å². The third-order valence-electron chi connectivity index (χ3n) is 5.41. The molecule has 1 atom stereocenters. The van der Waals surface area contributed by atoms with E-state index in [0.717, 1.165) is 0 Å². The van der Waals surface area contributed by atoms with E-state index in [1.165, 1.54) is 18.2 Å². The fourth-order valence-corrected chi connectivity index (χ4v) is 3.66. The van der Waals surface area contributed by atoms with Crippen molar-refractivity contribution < 1.29 is 28.9 Å². The van der Waals surface area contributed by atoms with E-state index in [0.29, 0.717) is 42.3 Å². The van der Waals surface area contributed by atoms with Gasteiger partial charge >= 0.3 is 5.97 Å². The largest absolute Gasteiger partial charge is 0.493 e. The molecule has 1 unspecified atom stereocenters. The molecule has 2 aromatic rings. The van der Waals surface area contributed by atoms with Crippen LogP contribution in [0.4, 0.5) is 0 Å². The molecule has 0 amide bonds. The van der Waals surface area contributed by atoms with Crippen LogP contribution in [0.2, 0.25) is 0 Å². The Morgan fingerprint density at radius 1 is 1.03 bits per heavy atom. The van der Waals surface area contributed by atoms with Crippen molar-refractivity contribution in [3.63, 3.8) is 0 Å². The van der Waals surface area contributed by atoms with E-state index >= 15 is 0 Å². The summed E-state index contributed by atoms with van der Waals surface area (Å²) < 4.78 is 16.4. The summed E-state index contributed by atoms with van der Waals surface area (Å²) >= 11 is 0. The Balaban J connectivity index is 1.50. The molecule has 0 bridgehead atoms. The van der Waals surface area contributed by atoms with Crippen molar-refractivity contribution in [3.05, 3.63) is 104 Å². The second-order valence-corrected chi connectivity index (χ2v) is 7.90. The van der Waals surface area contributed by atoms with Crippen LogP contribution >= 0.6 is 0 Å². The van der Waals surface area contributed by atoms with Crippen molar-refractivity contribution in [1.29, 1.82) is 0 Å². The van der Waals surface area contributed by atoms with E-state index in [1.54, 1.807) is 55.5 Å². The first-order valence-corrected chi connectivity index (χ1v) is 11.1. The molecule has 0 heterocycles. The Hall–Kier alpha value is -4.21. The third kappa shape index (κ3) is 6.66. The van der Waals surface area contributed by atoms with Crippen LogP contribution in [0.5, 0.6) is 11.5 Å². The highest BCUT2D eigenvalue weighted by atomic mass is 16.6. The second kappa shape index (κ2) is 11.8. The standard InChI is InChI=1S/C25H26N2O8/c1-2-33-24(28)22-8-3-4-9-23(22)35-16-6-15-34-21-12-10-19(11-13-21)17-25(27(31)32)14-5-7-20(18-25)26(29)30/h3-5,7-14H,2,6,15-18H2,1H3. The normalized spacial score (nSPS) is 16.8. The van der Waals surface area contributed by atoms with E-state index in [1.807, 2.05) is 0 Å². The van der Waals surface area contributed by atoms with Crippen LogP contribution in [-0.4, -0.2) is 41.2 Å². The summed E-state index contributed by atoms with van der Waals surface area (Å²) in [7, 11) is 0. The maximum Gasteiger partial charge on any atom is 0.341 e. The Kier molecular flexibility index (Phi) is 8.55. The summed E-state index contributed by atoms with van der Waals surface area (Å²) in [6.45, 7) is 2.71. The zero-order valence-corrected chi connectivity index (χ0v) is 19.3. The zero-order chi connectivity index (χ0) is 25.3. The minimum Gasteiger partial charge on any atom is -0.493 e. The topological polar surface area (TPSA) is 131 Å². The zero-order valence-electron chi connectivity index (χ0n) is 19.3. The SMILES string of the molecule is CCOC(=O)c1ccccc1OCCCOc1ccc(CC2([N+](=O)[O-])C=CC=C([N+](=O)[O-])C2)cc1. The molecule has 0 fully saturated rings. The molecule has 0 radical (unpaired) electrons. The number of benzene rings is 2. The van der Waals surface area contributed by atoms with Crippen LogP contribution in [0, 0.1) is 20.2 Å². The molecule has 10 heteroatoms. The Bertz CT molecular complexity index is 1130. The van der Waals surface area contributed by atoms with Crippen molar-refractivity contribution in [2.24, 2.45) is 0 Å². The first kappa shape index (κ1) is 25.4. The number of ether oxygens (including phenoxy) is 3. The fraction of sp³-hybridized carbons (Fsp3) is 0.320. The van der Waals surface area contributed by atoms with Gasteiger partial charge in [0.25, 0.3) is 11.2 Å². The molecule has 35 heavy (non-hydrogen) atoms. The van der Waals surface area contributed by atoms with Gasteiger partial charge in [-0.3, -0.25) is 20.2 Å². The molecule has 3 rings (SSSR count). The van der Waals surface area contributed by atoms with E-state index in [9.17, 15) is 25.0 Å². The van der Waals surface area contributed by atoms with Crippen LogP contribution in [0.15, 0.2) is 72.5 Å². The number of hydrogen-bond acceptors (Lipinski definition) is 8. The lowest BCUT2D eigenvalue weighted by molar-refractivity contribution is -0.561. The number of rotatable bonds is 12. The Morgan fingerprint density at radius 3 is 2.43 bits per heavy atom. The maximum atomic E-state index is 12.0. The summed E-state index contributed by atoms with van der Waals surface area (Å²) in [4.78, 5) is 33.8. The van der Waals surface area contributed by atoms with Crippen LogP contribution in [0.3, 0.4) is 0 Å². The molecule has 0 spiro atoms. The molecule has 184 valence electrons. The summed E-state index contributed by atoms with van der Waals surface area (Å²) in [5.41, 5.74) is -0.707. The quantitative estimate of drug-likeness (QED) is 0.188. The number of carbonyl (C=O) groups is 1. The van der Waals surface area contributed by atoms with Crippen LogP contribution in [0.1, 0.15) is 35.7 Å². The van der Waals surface area contributed by atoms with Crippen LogP contribution in [-0.2, 0) is 11.2 Å². The van der Waals surface area contributed by atoms with Gasteiger partial charge in [-0.25, -0.2) is 4.79 Å². The van der Waals surface area contributed by atoms with E-state index in [-0.39, 0.29) is 25.1 Å². The van der Waals surface area contributed by atoms with Crippen molar-refractivity contribution in [2.45, 2.75) is 31.7 Å². The average molecular weight is 482 g/mol. The monoisotopic (exact) mass is 482 g/mol. The molecule has 1 aliphatic rings. The van der Waals surface area contributed by atoms with E-state index in [4.69, 9.17) is 14.2 Å². The summed E-state index contributed by atoms with van der Waals surface area (Å²) in [5.74, 6) is 0.593. The highest BCUT2D eigenvalue weighted by molar-refractivity contribution is 5.92. The molecule has 1 aliphatic carbocycles. The van der Waals surface area contributed by atoms with Gasteiger partial charge in [0.1, 0.15) is 23.5 Å². The van der Waals surface area contributed by atoms with Crippen molar-refractivity contribution in [3.8, 4) is 11.5 Å². The lowest BCUT2D eigenvalue weighted by Gasteiger charge is -2.23. The number of allylic oxidation sites excluding steroid dienone is 2. The van der Waals surface area contributed by atoms with Gasteiger partial charge in [0.15, 0.2) is 0 Å². The van der Waals surface area contributed by atoms with Gasteiger partial charge < -0.3 is 14.2 Å². The van der Waals surface area contributed by atoms with Crippen LogP contribution < -0.4 is 9.47 Å². The minimum absolute atomic E-state index is 0.0235. The summed E-state index contributed by atoms with van der Waals surface area (Å²) in [6.07, 6.45) is 4.37. The van der Waals surface area contributed by atoms with Crippen molar-refractivity contribution in [1.82, 2.24) is 0 Å². The number of nitro groups is 2. The van der Waals surface area contributed by atoms with Gasteiger partial charge in [0, 0.05) is 23.8 Å². The average Bonchev–Trinajstić information content (AvgIpc) is 2.85. The lowest BCUT2D eigenvalue weighted by Crippen LogP contribution is -2.41. The molecule has 10 nitrogen and oxygen atoms in total. The molecule has 0 aromatic heterocycles. The lowest BCUT2D eigenvalue weighted by atomic mass is 9.84. The predicted octanol–water partition coefficient (Wildman–Crippen LogP) is 4.39. The molecular weight excluding hydrogens is 456 g/mol. The molecule has 0 N–H and O–H groups in total. The molecule has 0 saturated heterocycles. The number of para-hydroxylation sites is 1. The van der Waals surface area contributed by atoms with Crippen LogP contribution in [0.25, 0.3) is 0 Å². The van der Waals surface area contributed by atoms with E-state index in [2.05, 4.69) is 0 Å². The minimum atomic E-state index is -1.56. The Morgan fingerprint density at radius 2 is 1.74 bits per heavy atom. The molecule has 2 aromatic carbocycles. The van der Waals surface area contributed by atoms with E-state index < -0.39 is 21.4 Å². The third-order valence-corrected chi connectivity index (χ3v) is 5.41.